The summed E-state index contributed by atoms with van der Waals surface area (Å²) in [4.78, 5) is 29.7. The van der Waals surface area contributed by atoms with Crippen molar-refractivity contribution in [1.29, 1.82) is 0 Å². The lowest BCUT2D eigenvalue weighted by molar-refractivity contribution is -0.142. The maximum atomic E-state index is 11.8. The molecule has 0 fully saturated rings. The Kier molecular flexibility index (Phi) is 2.71. The van der Waals surface area contributed by atoms with Crippen molar-refractivity contribution in [1.82, 2.24) is 14.5 Å². The van der Waals surface area contributed by atoms with Gasteiger partial charge in [0.05, 0.1) is 5.52 Å². The van der Waals surface area contributed by atoms with Gasteiger partial charge in [-0.05, 0) is 18.1 Å². The van der Waals surface area contributed by atoms with E-state index < -0.39 is 17.7 Å². The summed E-state index contributed by atoms with van der Waals surface area (Å²) < 4.78 is 1.20. The van der Waals surface area contributed by atoms with E-state index in [2.05, 4.69) is 9.97 Å². The summed E-state index contributed by atoms with van der Waals surface area (Å²) in [6.07, 6.45) is 1.53. The molecule has 2 aromatic heterocycles. The highest BCUT2D eigenvalue weighted by Crippen LogP contribution is 2.19. The van der Waals surface area contributed by atoms with Gasteiger partial charge >= 0.3 is 11.7 Å². The van der Waals surface area contributed by atoms with Crippen LogP contribution in [0.5, 0.6) is 0 Å². The second kappa shape index (κ2) is 4.04. The quantitative estimate of drug-likeness (QED) is 0.830. The first-order valence-corrected chi connectivity index (χ1v) is 5.30. The van der Waals surface area contributed by atoms with Gasteiger partial charge in [-0.2, -0.15) is 0 Å². The van der Waals surface area contributed by atoms with Crippen molar-refractivity contribution in [2.45, 2.75) is 19.9 Å². The molecule has 17 heavy (non-hydrogen) atoms. The van der Waals surface area contributed by atoms with Crippen molar-refractivity contribution in [2.24, 2.45) is 5.92 Å². The first-order valence-electron chi connectivity index (χ1n) is 5.30. The van der Waals surface area contributed by atoms with Crippen molar-refractivity contribution in [3.63, 3.8) is 0 Å². The van der Waals surface area contributed by atoms with Crippen LogP contribution in [0.1, 0.15) is 19.9 Å². The third-order valence-electron chi connectivity index (χ3n) is 2.64. The number of rotatable bonds is 3. The summed E-state index contributed by atoms with van der Waals surface area (Å²) in [5.41, 5.74) is 0.475. The largest absolute Gasteiger partial charge is 0.480 e. The number of hydrogen-bond donors (Lipinski definition) is 2. The van der Waals surface area contributed by atoms with Gasteiger partial charge in [-0.3, -0.25) is 4.57 Å². The number of pyridine rings is 1. The standard InChI is InChI=1S/C11H13N3O3/c1-6(2)8(10(15)16)14-9-7(13-11(14)17)4-3-5-12-9/h3-6,8H,1-2H3,(H,13,17)(H,15,16). The molecule has 0 saturated heterocycles. The van der Waals surface area contributed by atoms with Crippen LogP contribution in [0.4, 0.5) is 0 Å². The zero-order valence-electron chi connectivity index (χ0n) is 9.54. The van der Waals surface area contributed by atoms with Crippen LogP contribution in [0.15, 0.2) is 23.1 Å². The fraction of sp³-hybridized carbons (Fsp3) is 0.364. The lowest BCUT2D eigenvalue weighted by Gasteiger charge is -2.17. The van der Waals surface area contributed by atoms with Crippen LogP contribution in [0.25, 0.3) is 11.2 Å². The van der Waals surface area contributed by atoms with Crippen LogP contribution in [0.3, 0.4) is 0 Å². The molecular formula is C11H13N3O3. The average Bonchev–Trinajstić information content (AvgIpc) is 2.55. The predicted octanol–water partition coefficient (Wildman–Crippen LogP) is 1.01. The second-order valence-electron chi connectivity index (χ2n) is 4.20. The smallest absolute Gasteiger partial charge is 0.328 e. The number of nitrogens with one attached hydrogen (secondary N) is 1. The number of aliphatic carboxylic acids is 1. The molecule has 0 spiro atoms. The van der Waals surface area contributed by atoms with Crippen molar-refractivity contribution in [2.75, 3.05) is 0 Å². The molecule has 6 heteroatoms. The van der Waals surface area contributed by atoms with E-state index in [4.69, 9.17) is 0 Å². The van der Waals surface area contributed by atoms with Crippen LogP contribution in [-0.4, -0.2) is 25.6 Å². The van der Waals surface area contributed by atoms with Gasteiger partial charge in [-0.15, -0.1) is 0 Å². The molecule has 0 aromatic carbocycles. The third kappa shape index (κ3) is 1.82. The maximum absolute atomic E-state index is 11.8. The van der Waals surface area contributed by atoms with Crippen LogP contribution >= 0.6 is 0 Å². The molecule has 0 saturated carbocycles. The van der Waals surface area contributed by atoms with Gasteiger partial charge in [0.15, 0.2) is 5.65 Å². The number of imidazole rings is 1. The summed E-state index contributed by atoms with van der Waals surface area (Å²) in [5, 5.41) is 9.20. The van der Waals surface area contributed by atoms with E-state index >= 15 is 0 Å². The molecule has 0 amide bonds. The Bertz CT molecular complexity index is 612. The summed E-state index contributed by atoms with van der Waals surface area (Å²) >= 11 is 0. The monoisotopic (exact) mass is 235 g/mol. The first kappa shape index (κ1) is 11.4. The number of carboxylic acids is 1. The zero-order valence-corrected chi connectivity index (χ0v) is 9.54. The van der Waals surface area contributed by atoms with Gasteiger partial charge in [-0.1, -0.05) is 13.8 Å². The fourth-order valence-electron chi connectivity index (χ4n) is 1.91. The Balaban J connectivity index is 2.72. The average molecular weight is 235 g/mol. The molecule has 2 rings (SSSR count). The number of hydrogen-bond acceptors (Lipinski definition) is 3. The van der Waals surface area contributed by atoms with E-state index in [0.717, 1.165) is 0 Å². The maximum Gasteiger partial charge on any atom is 0.328 e. The summed E-state index contributed by atoms with van der Waals surface area (Å²) in [5.74, 6) is -1.24. The van der Waals surface area contributed by atoms with E-state index in [1.165, 1.54) is 10.8 Å². The molecule has 2 aromatic rings. The Morgan fingerprint density at radius 2 is 2.24 bits per heavy atom. The van der Waals surface area contributed by atoms with Gasteiger partial charge in [0.25, 0.3) is 0 Å². The second-order valence-corrected chi connectivity index (χ2v) is 4.20. The van der Waals surface area contributed by atoms with Crippen LogP contribution in [0.2, 0.25) is 0 Å². The minimum absolute atomic E-state index is 0.203. The van der Waals surface area contributed by atoms with Crippen molar-refractivity contribution >= 4 is 17.1 Å². The predicted molar refractivity (Wildman–Crippen MR) is 61.9 cm³/mol. The molecule has 2 N–H and O–H groups in total. The summed E-state index contributed by atoms with van der Waals surface area (Å²) in [6.45, 7) is 3.51. The number of carboxylic acid groups (broad SMARTS) is 1. The Morgan fingerprint density at radius 3 is 2.82 bits per heavy atom. The van der Waals surface area contributed by atoms with Crippen molar-refractivity contribution < 1.29 is 9.90 Å². The highest BCUT2D eigenvalue weighted by atomic mass is 16.4. The summed E-state index contributed by atoms with van der Waals surface area (Å²) in [7, 11) is 0. The topological polar surface area (TPSA) is 88.0 Å². The number of fused-ring (bicyclic) bond motifs is 1. The molecule has 90 valence electrons. The number of aromatic nitrogens is 3. The molecule has 1 atom stereocenters. The van der Waals surface area contributed by atoms with Gasteiger partial charge in [0.2, 0.25) is 0 Å². The van der Waals surface area contributed by atoms with E-state index in [0.29, 0.717) is 11.2 Å². The summed E-state index contributed by atoms with van der Waals surface area (Å²) in [6, 6.07) is 2.47. The molecule has 1 unspecified atom stereocenters. The molecule has 0 bridgehead atoms. The molecule has 0 aliphatic heterocycles. The van der Waals surface area contributed by atoms with Gasteiger partial charge in [0, 0.05) is 6.20 Å². The highest BCUT2D eigenvalue weighted by molar-refractivity contribution is 5.77. The number of H-pyrrole nitrogens is 1. The minimum Gasteiger partial charge on any atom is -0.480 e. The molecule has 0 radical (unpaired) electrons. The van der Waals surface area contributed by atoms with Gasteiger partial charge in [-0.25, -0.2) is 14.6 Å². The SMILES string of the molecule is CC(C)C(C(=O)O)n1c(=O)[nH]c2cccnc21. The molecule has 0 aliphatic rings. The van der Waals surface area contributed by atoms with E-state index in [1.54, 1.807) is 26.0 Å². The Morgan fingerprint density at radius 1 is 1.53 bits per heavy atom. The van der Waals surface area contributed by atoms with Crippen molar-refractivity contribution in [3.8, 4) is 0 Å². The first-order chi connectivity index (χ1) is 8.02. The number of carbonyl (C=O) groups is 1. The number of nitrogens with zero attached hydrogens (tertiary/aromatic N) is 2. The normalized spacial score (nSPS) is 13.1. The third-order valence-corrected chi connectivity index (χ3v) is 2.64. The van der Waals surface area contributed by atoms with Gasteiger partial charge < -0.3 is 10.1 Å². The molecular weight excluding hydrogens is 222 g/mol. The highest BCUT2D eigenvalue weighted by Gasteiger charge is 2.27. The lowest BCUT2D eigenvalue weighted by Crippen LogP contribution is -2.31. The Hall–Kier alpha value is -2.11. The molecule has 2 heterocycles. The minimum atomic E-state index is -1.03. The van der Waals surface area contributed by atoms with Gasteiger partial charge in [0.1, 0.15) is 6.04 Å². The lowest BCUT2D eigenvalue weighted by atomic mass is 10.0. The van der Waals surface area contributed by atoms with E-state index in [1.807, 2.05) is 0 Å². The van der Waals surface area contributed by atoms with E-state index in [-0.39, 0.29) is 5.92 Å². The van der Waals surface area contributed by atoms with Crippen LogP contribution in [0, 0.1) is 5.92 Å². The molecule has 0 aliphatic carbocycles. The van der Waals surface area contributed by atoms with E-state index in [9.17, 15) is 14.7 Å². The Labute approximate surface area is 96.9 Å². The zero-order chi connectivity index (χ0) is 12.6. The molecule has 6 nitrogen and oxygen atoms in total. The fourth-order valence-corrected chi connectivity index (χ4v) is 1.91. The number of aromatic amines is 1. The van der Waals surface area contributed by atoms with Crippen molar-refractivity contribution in [3.05, 3.63) is 28.8 Å². The van der Waals surface area contributed by atoms with Crippen LogP contribution in [-0.2, 0) is 4.79 Å². The van der Waals surface area contributed by atoms with Crippen LogP contribution < -0.4 is 5.69 Å².